The van der Waals surface area contributed by atoms with Crippen LogP contribution < -0.4 is 5.32 Å². The maximum atomic E-state index is 11.5. The summed E-state index contributed by atoms with van der Waals surface area (Å²) in [5.74, 6) is -0.202. The van der Waals surface area contributed by atoms with Crippen molar-refractivity contribution in [1.29, 1.82) is 0 Å². The molecule has 0 bridgehead atoms. The molecule has 0 saturated carbocycles. The number of hydrogen-bond acceptors (Lipinski definition) is 6. The average Bonchev–Trinajstić information content (AvgIpc) is 3.06. The predicted octanol–water partition coefficient (Wildman–Crippen LogP) is 2.91. The summed E-state index contributed by atoms with van der Waals surface area (Å²) >= 11 is 3.27. The molecule has 1 atom stereocenters. The Labute approximate surface area is 120 Å². The molecule has 0 aliphatic carbocycles. The van der Waals surface area contributed by atoms with Crippen LogP contribution in [0.1, 0.15) is 27.9 Å². The lowest BCUT2D eigenvalue weighted by molar-refractivity contribution is -0.141. The lowest BCUT2D eigenvalue weighted by Gasteiger charge is -2.16. The summed E-state index contributed by atoms with van der Waals surface area (Å²) in [6.45, 7) is 2.71. The van der Waals surface area contributed by atoms with E-state index < -0.39 is 0 Å². The van der Waals surface area contributed by atoms with Crippen molar-refractivity contribution in [2.75, 3.05) is 7.11 Å². The Bertz CT molecular complexity index is 522. The highest BCUT2D eigenvalue weighted by Crippen LogP contribution is 2.23. The molecule has 1 N–H and O–H groups in total. The third-order valence-corrected chi connectivity index (χ3v) is 4.76. The summed E-state index contributed by atoms with van der Waals surface area (Å²) in [5.41, 5.74) is 2.88. The Kier molecular flexibility index (Phi) is 5.07. The van der Waals surface area contributed by atoms with Crippen molar-refractivity contribution in [2.24, 2.45) is 0 Å². The summed E-state index contributed by atoms with van der Waals surface area (Å²) in [4.78, 5) is 18.0. The fourth-order valence-electron chi connectivity index (χ4n) is 1.72. The zero-order valence-corrected chi connectivity index (χ0v) is 12.5. The number of carbonyl (C=O) groups is 1. The molecule has 0 spiro atoms. The van der Waals surface area contributed by atoms with Crippen molar-refractivity contribution in [3.05, 3.63) is 38.5 Å². The highest BCUT2D eigenvalue weighted by atomic mass is 32.1. The van der Waals surface area contributed by atoms with Gasteiger partial charge in [0.05, 0.1) is 30.8 Å². The first-order chi connectivity index (χ1) is 9.20. The maximum absolute atomic E-state index is 11.5. The van der Waals surface area contributed by atoms with Crippen LogP contribution in [0.5, 0.6) is 0 Å². The van der Waals surface area contributed by atoms with Gasteiger partial charge in [0.1, 0.15) is 0 Å². The number of esters is 1. The SMILES string of the molecule is COC(=O)CC(NCc1scnc1C)c1cccs1. The molecule has 2 aromatic rings. The second-order valence-corrected chi connectivity index (χ2v) is 6.01. The summed E-state index contributed by atoms with van der Waals surface area (Å²) in [7, 11) is 1.42. The Balaban J connectivity index is 2.02. The number of nitrogens with one attached hydrogen (secondary N) is 1. The van der Waals surface area contributed by atoms with Crippen molar-refractivity contribution >= 4 is 28.6 Å². The molecule has 0 aliphatic heterocycles. The highest BCUT2D eigenvalue weighted by molar-refractivity contribution is 7.10. The summed E-state index contributed by atoms with van der Waals surface area (Å²) in [5, 5.41) is 5.42. The Hall–Kier alpha value is -1.24. The van der Waals surface area contributed by atoms with Crippen LogP contribution in [0.3, 0.4) is 0 Å². The van der Waals surface area contributed by atoms with Crippen LogP contribution in [-0.2, 0) is 16.1 Å². The number of thiazole rings is 1. The molecular formula is C13H16N2O2S2. The van der Waals surface area contributed by atoms with Gasteiger partial charge in [-0.15, -0.1) is 22.7 Å². The number of methoxy groups -OCH3 is 1. The van der Waals surface area contributed by atoms with Gasteiger partial charge in [0.15, 0.2) is 0 Å². The van der Waals surface area contributed by atoms with Gasteiger partial charge in [0, 0.05) is 16.3 Å². The molecule has 1 unspecified atom stereocenters. The predicted molar refractivity (Wildman–Crippen MR) is 77.4 cm³/mol. The average molecular weight is 296 g/mol. The molecule has 0 radical (unpaired) electrons. The molecule has 4 nitrogen and oxygen atoms in total. The molecule has 2 heterocycles. The highest BCUT2D eigenvalue weighted by Gasteiger charge is 2.17. The largest absolute Gasteiger partial charge is 0.469 e. The van der Waals surface area contributed by atoms with Gasteiger partial charge in [0.2, 0.25) is 0 Å². The first-order valence-electron chi connectivity index (χ1n) is 5.93. The Morgan fingerprint density at radius 3 is 2.95 bits per heavy atom. The first kappa shape index (κ1) is 14.2. The standard InChI is InChI=1S/C13H16N2O2S2/c1-9-12(19-8-15-9)7-14-10(6-13(16)17-2)11-4-3-5-18-11/h3-5,8,10,14H,6-7H2,1-2H3. The second kappa shape index (κ2) is 6.79. The van der Waals surface area contributed by atoms with E-state index in [-0.39, 0.29) is 12.0 Å². The van der Waals surface area contributed by atoms with E-state index in [0.29, 0.717) is 6.42 Å². The molecule has 0 amide bonds. The van der Waals surface area contributed by atoms with Gasteiger partial charge in [-0.05, 0) is 18.4 Å². The van der Waals surface area contributed by atoms with Crippen molar-refractivity contribution in [2.45, 2.75) is 25.9 Å². The van der Waals surface area contributed by atoms with Crippen LogP contribution in [0.4, 0.5) is 0 Å². The molecule has 0 aliphatic rings. The monoisotopic (exact) mass is 296 g/mol. The number of hydrogen-bond donors (Lipinski definition) is 1. The van der Waals surface area contributed by atoms with Crippen LogP contribution in [0, 0.1) is 6.92 Å². The van der Waals surface area contributed by atoms with E-state index in [4.69, 9.17) is 4.74 Å². The van der Waals surface area contributed by atoms with Gasteiger partial charge in [-0.1, -0.05) is 6.07 Å². The van der Waals surface area contributed by atoms with Crippen LogP contribution in [0.2, 0.25) is 0 Å². The lowest BCUT2D eigenvalue weighted by atomic mass is 10.1. The number of carbonyl (C=O) groups excluding carboxylic acids is 1. The molecule has 19 heavy (non-hydrogen) atoms. The van der Waals surface area contributed by atoms with E-state index in [2.05, 4.69) is 10.3 Å². The molecule has 0 aromatic carbocycles. The van der Waals surface area contributed by atoms with E-state index >= 15 is 0 Å². The van der Waals surface area contributed by atoms with Crippen molar-refractivity contribution < 1.29 is 9.53 Å². The molecule has 102 valence electrons. The van der Waals surface area contributed by atoms with Crippen LogP contribution in [-0.4, -0.2) is 18.1 Å². The minimum Gasteiger partial charge on any atom is -0.469 e. The lowest BCUT2D eigenvalue weighted by Crippen LogP contribution is -2.23. The molecule has 2 aromatic heterocycles. The molecule has 0 saturated heterocycles. The fourth-order valence-corrected chi connectivity index (χ4v) is 3.26. The molecule has 0 fully saturated rings. The third kappa shape index (κ3) is 3.86. The minimum absolute atomic E-state index is 0.00560. The van der Waals surface area contributed by atoms with Crippen molar-refractivity contribution in [1.82, 2.24) is 10.3 Å². The molecule has 6 heteroatoms. The number of nitrogens with zero attached hydrogens (tertiary/aromatic N) is 1. The van der Waals surface area contributed by atoms with Gasteiger partial charge < -0.3 is 10.1 Å². The summed E-state index contributed by atoms with van der Waals surface area (Å²) < 4.78 is 4.76. The maximum Gasteiger partial charge on any atom is 0.307 e. The normalized spacial score (nSPS) is 12.3. The van der Waals surface area contributed by atoms with Gasteiger partial charge >= 0.3 is 5.97 Å². The number of ether oxygens (including phenoxy) is 1. The number of thiophene rings is 1. The zero-order chi connectivity index (χ0) is 13.7. The minimum atomic E-state index is -0.202. The molecular weight excluding hydrogens is 280 g/mol. The van der Waals surface area contributed by atoms with Crippen LogP contribution in [0.25, 0.3) is 0 Å². The van der Waals surface area contributed by atoms with Crippen LogP contribution >= 0.6 is 22.7 Å². The first-order valence-corrected chi connectivity index (χ1v) is 7.69. The Morgan fingerprint density at radius 1 is 1.53 bits per heavy atom. The Morgan fingerprint density at radius 2 is 2.37 bits per heavy atom. The quantitative estimate of drug-likeness (QED) is 0.833. The second-order valence-electron chi connectivity index (χ2n) is 4.09. The zero-order valence-electron chi connectivity index (χ0n) is 10.9. The number of aromatic nitrogens is 1. The van der Waals surface area contributed by atoms with Crippen molar-refractivity contribution in [3.63, 3.8) is 0 Å². The van der Waals surface area contributed by atoms with E-state index in [0.717, 1.165) is 17.1 Å². The van der Waals surface area contributed by atoms with E-state index in [1.165, 1.54) is 12.0 Å². The van der Waals surface area contributed by atoms with Crippen LogP contribution in [0.15, 0.2) is 23.0 Å². The fraction of sp³-hybridized carbons (Fsp3) is 0.385. The van der Waals surface area contributed by atoms with Gasteiger partial charge in [0.25, 0.3) is 0 Å². The number of rotatable bonds is 6. The molecule has 2 rings (SSSR count). The third-order valence-electron chi connectivity index (χ3n) is 2.84. The topological polar surface area (TPSA) is 51.2 Å². The van der Waals surface area contributed by atoms with E-state index in [1.54, 1.807) is 22.7 Å². The van der Waals surface area contributed by atoms with Gasteiger partial charge in [-0.25, -0.2) is 4.98 Å². The van der Waals surface area contributed by atoms with E-state index in [1.807, 2.05) is 29.9 Å². The smallest absolute Gasteiger partial charge is 0.307 e. The van der Waals surface area contributed by atoms with Crippen molar-refractivity contribution in [3.8, 4) is 0 Å². The van der Waals surface area contributed by atoms with Gasteiger partial charge in [-0.3, -0.25) is 4.79 Å². The van der Waals surface area contributed by atoms with Gasteiger partial charge in [-0.2, -0.15) is 0 Å². The summed E-state index contributed by atoms with van der Waals surface area (Å²) in [6.07, 6.45) is 0.342. The summed E-state index contributed by atoms with van der Waals surface area (Å²) in [6, 6.07) is 4.02. The van der Waals surface area contributed by atoms with E-state index in [9.17, 15) is 4.79 Å². The number of aryl methyl sites for hydroxylation is 1.